The van der Waals surface area contributed by atoms with Crippen molar-refractivity contribution < 1.29 is 88.2 Å². The van der Waals surface area contributed by atoms with Crippen LogP contribution in [0, 0.1) is 0 Å². The van der Waals surface area contributed by atoms with Crippen molar-refractivity contribution in [2.75, 3.05) is 51.1 Å². The summed E-state index contributed by atoms with van der Waals surface area (Å²) >= 11 is 0. The zero-order valence-electron chi connectivity index (χ0n) is 43.7. The number of halogens is 6. The van der Waals surface area contributed by atoms with Crippen molar-refractivity contribution in [3.8, 4) is 28.7 Å². The van der Waals surface area contributed by atoms with Gasteiger partial charge in [-0.3, -0.25) is 0 Å². The van der Waals surface area contributed by atoms with Crippen LogP contribution in [0.1, 0.15) is 119 Å². The van der Waals surface area contributed by atoms with Crippen molar-refractivity contribution in [2.45, 2.75) is 89.4 Å². The Morgan fingerprint density at radius 1 is 0.388 bits per heavy atom. The van der Waals surface area contributed by atoms with Crippen molar-refractivity contribution in [2.24, 2.45) is 0 Å². The Morgan fingerprint density at radius 2 is 0.738 bits per heavy atom. The van der Waals surface area contributed by atoms with Gasteiger partial charge in [0, 0.05) is 25.0 Å². The highest BCUT2D eigenvalue weighted by Crippen LogP contribution is 2.32. The van der Waals surface area contributed by atoms with E-state index in [0.29, 0.717) is 54.9 Å². The van der Waals surface area contributed by atoms with Crippen molar-refractivity contribution in [1.82, 2.24) is 0 Å². The molecule has 0 unspecified atom stereocenters. The second-order valence-electron chi connectivity index (χ2n) is 17.9. The molecule has 0 spiro atoms. The summed E-state index contributed by atoms with van der Waals surface area (Å²) in [5, 5.41) is 0. The third-order valence-corrected chi connectivity index (χ3v) is 11.4. The van der Waals surface area contributed by atoms with Gasteiger partial charge in [0.2, 0.25) is 0 Å². The predicted molar refractivity (Wildman–Crippen MR) is 285 cm³/mol. The Balaban J connectivity index is 0.854. The Labute approximate surface area is 458 Å². The van der Waals surface area contributed by atoms with Gasteiger partial charge in [-0.1, -0.05) is 24.3 Å². The largest absolute Gasteiger partial charge is 0.494 e. The highest BCUT2D eigenvalue weighted by Gasteiger charge is 2.27. The second-order valence-corrected chi connectivity index (χ2v) is 17.9. The summed E-state index contributed by atoms with van der Waals surface area (Å²) in [6.45, 7) is 0.674. The van der Waals surface area contributed by atoms with Crippen LogP contribution in [0.3, 0.4) is 0 Å². The fourth-order valence-corrected chi connectivity index (χ4v) is 7.19. The minimum atomic E-state index is -4.25. The first-order chi connectivity index (χ1) is 38.3. The second kappa shape index (κ2) is 32.4. The number of nitrogens with two attached hydrogens (primary N) is 2. The molecule has 15 nitrogen and oxygen atoms in total. The fourth-order valence-electron chi connectivity index (χ4n) is 7.19. The maximum Gasteiger partial charge on any atom is 0.389 e. The van der Waals surface area contributed by atoms with Gasteiger partial charge in [-0.05, 0) is 172 Å². The van der Waals surface area contributed by atoms with Gasteiger partial charge in [-0.25, -0.2) is 24.0 Å². The third-order valence-electron chi connectivity index (χ3n) is 11.4. The summed E-state index contributed by atoms with van der Waals surface area (Å²) in [6, 6.07) is 27.4. The van der Waals surface area contributed by atoms with E-state index in [0.717, 1.165) is 25.7 Å². The minimum absolute atomic E-state index is 0.110. The van der Waals surface area contributed by atoms with Gasteiger partial charge in [0.05, 0.1) is 67.7 Å². The lowest BCUT2D eigenvalue weighted by atomic mass is 10.1. The zero-order valence-corrected chi connectivity index (χ0v) is 43.7. The maximum atomic E-state index is 12.7. The number of rotatable bonds is 32. The highest BCUT2D eigenvalue weighted by molar-refractivity contribution is 5.94. The molecule has 0 heterocycles. The monoisotopic (exact) mass is 1120 g/mol. The van der Waals surface area contributed by atoms with Crippen LogP contribution in [0.5, 0.6) is 28.7 Å². The normalized spacial score (nSPS) is 11.5. The lowest BCUT2D eigenvalue weighted by Gasteiger charge is -2.13. The molecule has 0 atom stereocenters. The number of esters is 5. The Bertz CT molecular complexity index is 2800. The number of hydrogen-bond donors (Lipinski definition) is 2. The molecule has 4 N–H and O–H groups in total. The molecule has 0 aliphatic heterocycles. The lowest BCUT2D eigenvalue weighted by Crippen LogP contribution is -2.10. The standard InChI is InChI=1S/C59H62F6N2O13/c60-58(61,62)31-9-37-73-46-25-17-43(18-26-46)56(71)79-48-21-11-41(12-22-48)15-29-52(68)75-33-5-1-3-7-35-77-54-50(66)39-45(40-51(54)67)55(70)78-36-8-4-2-6-34-76-53(69)30-16-42-13-23-49(24-14-42)80-57(72)44-19-27-47(28-20-44)74-38-10-32-59(63,64)65/h11-30,39-40H,1-10,31-38,66-67H2. The number of anilines is 2. The molecule has 428 valence electrons. The van der Waals surface area contributed by atoms with Gasteiger partial charge in [0.1, 0.15) is 23.0 Å². The van der Waals surface area contributed by atoms with Crippen molar-refractivity contribution in [3.63, 3.8) is 0 Å². The molecule has 0 saturated heterocycles. The van der Waals surface area contributed by atoms with Crippen LogP contribution in [0.2, 0.25) is 0 Å². The maximum absolute atomic E-state index is 12.7. The Kier molecular flexibility index (Phi) is 25.3. The summed E-state index contributed by atoms with van der Waals surface area (Å²) in [4.78, 5) is 62.3. The first-order valence-electron chi connectivity index (χ1n) is 25.7. The topological polar surface area (TPSA) is 211 Å². The third kappa shape index (κ3) is 24.5. The molecule has 5 rings (SSSR count). The molecule has 0 aromatic heterocycles. The zero-order chi connectivity index (χ0) is 57.8. The number of ether oxygens (including phenoxy) is 8. The summed E-state index contributed by atoms with van der Waals surface area (Å²) in [5.41, 5.74) is 14.7. The van der Waals surface area contributed by atoms with Crippen LogP contribution in [-0.4, -0.2) is 81.8 Å². The van der Waals surface area contributed by atoms with Crippen LogP contribution >= 0.6 is 0 Å². The van der Waals surface area contributed by atoms with E-state index in [4.69, 9.17) is 49.4 Å². The van der Waals surface area contributed by atoms with Crippen LogP contribution in [0.4, 0.5) is 37.7 Å². The van der Waals surface area contributed by atoms with Gasteiger partial charge in [-0.15, -0.1) is 0 Å². The first kappa shape index (κ1) is 62.4. The van der Waals surface area contributed by atoms with E-state index in [1.54, 1.807) is 60.7 Å². The average molecular weight is 1120 g/mol. The molecule has 0 radical (unpaired) electrons. The molecule has 0 aliphatic carbocycles. The van der Waals surface area contributed by atoms with Crippen molar-refractivity contribution in [1.29, 1.82) is 0 Å². The summed E-state index contributed by atoms with van der Waals surface area (Å²) in [5.74, 6) is -1.46. The van der Waals surface area contributed by atoms with Crippen LogP contribution in [0.15, 0.2) is 121 Å². The van der Waals surface area contributed by atoms with Gasteiger partial charge in [0.25, 0.3) is 0 Å². The highest BCUT2D eigenvalue weighted by atomic mass is 19.4. The number of nitrogen functional groups attached to an aromatic ring is 2. The van der Waals surface area contributed by atoms with E-state index < -0.39 is 55.0 Å². The van der Waals surface area contributed by atoms with Gasteiger partial charge in [-0.2, -0.15) is 26.3 Å². The molecule has 0 fully saturated rings. The number of carbonyl (C=O) groups is 5. The molecular weight excluding hydrogens is 1060 g/mol. The van der Waals surface area contributed by atoms with Crippen LogP contribution in [-0.2, 0) is 23.8 Å². The van der Waals surface area contributed by atoms with Crippen LogP contribution in [0.25, 0.3) is 12.2 Å². The summed E-state index contributed by atoms with van der Waals surface area (Å²) < 4.78 is 117. The van der Waals surface area contributed by atoms with E-state index in [1.165, 1.54) is 72.8 Å². The predicted octanol–water partition coefficient (Wildman–Crippen LogP) is 12.9. The molecule has 0 saturated carbocycles. The Morgan fingerprint density at radius 3 is 1.12 bits per heavy atom. The molecule has 5 aromatic rings. The van der Waals surface area contributed by atoms with E-state index in [-0.39, 0.29) is 91.2 Å². The van der Waals surface area contributed by atoms with Crippen molar-refractivity contribution >= 4 is 53.4 Å². The van der Waals surface area contributed by atoms with E-state index in [1.807, 2.05) is 0 Å². The quantitative estimate of drug-likeness (QED) is 0.00780. The minimum Gasteiger partial charge on any atom is -0.494 e. The number of unbranched alkanes of at least 4 members (excludes halogenated alkanes) is 6. The number of carbonyl (C=O) groups excluding carboxylic acids is 5. The average Bonchev–Trinajstić information content (AvgIpc) is 3.42. The molecule has 0 bridgehead atoms. The summed E-state index contributed by atoms with van der Waals surface area (Å²) in [6.07, 6.45) is 0.409. The molecule has 0 aliphatic rings. The SMILES string of the molecule is Nc1cc(C(=O)OCCCCCCOC(=O)C=Cc2ccc(OC(=O)c3ccc(OCCCC(F)(F)F)cc3)cc2)cc(N)c1OCCCCCCOC(=O)C=Cc1ccc(OC(=O)c2ccc(OCCCC(F)(F)F)cc2)cc1. The van der Waals surface area contributed by atoms with Crippen molar-refractivity contribution in [3.05, 3.63) is 149 Å². The molecule has 5 aromatic carbocycles. The Hall–Kier alpha value is -8.49. The van der Waals surface area contributed by atoms with E-state index >= 15 is 0 Å². The number of benzene rings is 5. The molecule has 21 heteroatoms. The fraction of sp³-hybridized carbons (Fsp3) is 0.339. The molecular formula is C59H62F6N2O13. The molecule has 0 amide bonds. The van der Waals surface area contributed by atoms with E-state index in [2.05, 4.69) is 0 Å². The first-order valence-corrected chi connectivity index (χ1v) is 25.7. The number of hydrogen-bond acceptors (Lipinski definition) is 15. The molecule has 80 heavy (non-hydrogen) atoms. The van der Waals surface area contributed by atoms with Gasteiger partial charge < -0.3 is 49.4 Å². The van der Waals surface area contributed by atoms with Gasteiger partial charge in [0.15, 0.2) is 5.75 Å². The lowest BCUT2D eigenvalue weighted by molar-refractivity contribution is -0.138. The van der Waals surface area contributed by atoms with Gasteiger partial charge >= 0.3 is 42.2 Å². The van der Waals surface area contributed by atoms with E-state index in [9.17, 15) is 50.3 Å². The van der Waals surface area contributed by atoms with Crippen LogP contribution < -0.4 is 35.2 Å². The summed E-state index contributed by atoms with van der Waals surface area (Å²) in [7, 11) is 0. The number of alkyl halides is 6. The smallest absolute Gasteiger partial charge is 0.389 e.